The number of alkyl halides is 9. The molecule has 0 unspecified atom stereocenters. The van der Waals surface area contributed by atoms with Crippen molar-refractivity contribution in [2.45, 2.75) is 43.0 Å². The lowest BCUT2D eigenvalue weighted by molar-refractivity contribution is -0.350. The zero-order chi connectivity index (χ0) is 32.3. The van der Waals surface area contributed by atoms with E-state index in [0.717, 1.165) is 24.5 Å². The van der Waals surface area contributed by atoms with Gasteiger partial charge in [-0.2, -0.15) is 50.6 Å². The van der Waals surface area contributed by atoms with Crippen molar-refractivity contribution in [2.24, 2.45) is 7.05 Å². The van der Waals surface area contributed by atoms with Crippen molar-refractivity contribution >= 4 is 23.6 Å². The molecular weight excluding hydrogens is 631 g/mol. The van der Waals surface area contributed by atoms with Crippen molar-refractivity contribution in [3.63, 3.8) is 0 Å². The zero-order valence-corrected chi connectivity index (χ0v) is 21.8. The number of halogens is 10. The van der Waals surface area contributed by atoms with Gasteiger partial charge in [0.1, 0.15) is 5.54 Å². The molecule has 3 aromatic rings. The monoisotopic (exact) mass is 644 g/mol. The van der Waals surface area contributed by atoms with Crippen molar-refractivity contribution < 1.29 is 58.9 Å². The second-order valence-corrected chi connectivity index (χ2v) is 9.50. The van der Waals surface area contributed by atoms with Crippen molar-refractivity contribution in [2.75, 3.05) is 0 Å². The van der Waals surface area contributed by atoms with Gasteiger partial charge >= 0.3 is 30.7 Å². The van der Waals surface area contributed by atoms with Gasteiger partial charge in [-0.15, -0.1) is 0 Å². The number of carboxylic acid groups (broad SMARTS) is 1. The van der Waals surface area contributed by atoms with E-state index in [9.17, 15) is 59.5 Å². The maximum Gasteiger partial charge on any atom is 0.437 e. The largest absolute Gasteiger partial charge is 0.465 e. The molecule has 0 radical (unpaired) electrons. The maximum absolute atomic E-state index is 14.8. The van der Waals surface area contributed by atoms with E-state index in [0.29, 0.717) is 16.6 Å². The highest BCUT2D eigenvalue weighted by Gasteiger charge is 2.76. The molecule has 0 saturated heterocycles. The number of ether oxygens (including phenoxy) is 1. The van der Waals surface area contributed by atoms with Gasteiger partial charge in [0.05, 0.1) is 22.9 Å². The first-order valence-corrected chi connectivity index (χ1v) is 11.8. The molecule has 1 aliphatic rings. The number of amides is 2. The molecule has 0 spiro atoms. The molecule has 1 saturated carbocycles. The summed E-state index contributed by atoms with van der Waals surface area (Å²) < 4.78 is 126. The van der Waals surface area contributed by atoms with Crippen LogP contribution in [0.1, 0.15) is 28.9 Å². The van der Waals surface area contributed by atoms with Crippen LogP contribution in [0.2, 0.25) is 5.02 Å². The molecule has 0 aliphatic heterocycles. The van der Waals surface area contributed by atoms with Gasteiger partial charge in [-0.05, 0) is 30.5 Å². The SMILES string of the molecule is Cn1nc(C(F)(C(F)(F)F)C(F)(F)F)c(OC(F)F)c1-n1cc(-c2ccc(Cl)c(C(=O)N(C(=O)O)C3(C#N)CC3)c2)cn1. The lowest BCUT2D eigenvalue weighted by atomic mass is 9.99. The summed E-state index contributed by atoms with van der Waals surface area (Å²) in [5.74, 6) is -4.16. The molecule has 230 valence electrons. The number of hydrogen-bond acceptors (Lipinski definition) is 6. The predicted molar refractivity (Wildman–Crippen MR) is 124 cm³/mol. The summed E-state index contributed by atoms with van der Waals surface area (Å²) >= 11 is 6.09. The van der Waals surface area contributed by atoms with Crippen molar-refractivity contribution in [1.29, 1.82) is 5.26 Å². The molecule has 43 heavy (non-hydrogen) atoms. The standard InChI is InChI=1S/C23H14ClF9N6O4/c1-37-16(14(43-18(25)26)15(36-37)21(27,22(28,29)30)23(31,32)33)38-8-11(7-35-38)10-2-3-13(24)12(6-10)17(40)39(19(41)42)20(9-34)4-5-20/h2-3,6-8,18H,4-5H2,1H3,(H,41,42). The molecule has 0 atom stereocenters. The van der Waals surface area contributed by atoms with E-state index in [2.05, 4.69) is 14.9 Å². The number of nitrogens with zero attached hydrogens (tertiary/aromatic N) is 6. The third-order valence-corrected chi connectivity index (χ3v) is 6.70. The average molecular weight is 645 g/mol. The minimum Gasteiger partial charge on any atom is -0.465 e. The van der Waals surface area contributed by atoms with Crippen molar-refractivity contribution in [1.82, 2.24) is 24.5 Å². The number of nitriles is 1. The Kier molecular flexibility index (Phi) is 7.58. The summed E-state index contributed by atoms with van der Waals surface area (Å²) in [6.45, 7) is -4.02. The topological polar surface area (TPSA) is 126 Å². The lowest BCUT2D eigenvalue weighted by Crippen LogP contribution is -2.51. The molecule has 1 N–H and O–H groups in total. The number of carbonyl (C=O) groups excluding carboxylic acids is 1. The molecule has 0 bridgehead atoms. The van der Waals surface area contributed by atoms with Gasteiger partial charge in [0.15, 0.2) is 17.3 Å². The van der Waals surface area contributed by atoms with Gasteiger partial charge in [-0.25, -0.2) is 23.4 Å². The molecular formula is C23H14ClF9N6O4. The second kappa shape index (κ2) is 10.4. The highest BCUT2D eigenvalue weighted by molar-refractivity contribution is 6.34. The first-order valence-electron chi connectivity index (χ1n) is 11.5. The van der Waals surface area contributed by atoms with Gasteiger partial charge < -0.3 is 9.84 Å². The zero-order valence-electron chi connectivity index (χ0n) is 21.0. The molecule has 2 amide bonds. The predicted octanol–water partition coefficient (Wildman–Crippen LogP) is 5.99. The van der Waals surface area contributed by atoms with Crippen LogP contribution in [0.5, 0.6) is 5.75 Å². The van der Waals surface area contributed by atoms with Crippen LogP contribution in [0.15, 0.2) is 30.6 Å². The van der Waals surface area contributed by atoms with Crippen LogP contribution < -0.4 is 4.74 Å². The minimum atomic E-state index is -6.70. The Bertz CT molecular complexity index is 1620. The normalized spacial score (nSPS) is 14.9. The van der Waals surface area contributed by atoms with Crippen LogP contribution in [0.25, 0.3) is 16.9 Å². The Labute approximate surface area is 238 Å². The first-order chi connectivity index (χ1) is 19.8. The molecule has 2 heterocycles. The van der Waals surface area contributed by atoms with E-state index in [1.165, 1.54) is 6.07 Å². The number of hydrogen-bond donors (Lipinski definition) is 1. The van der Waals surface area contributed by atoms with Crippen LogP contribution in [-0.2, 0) is 12.7 Å². The minimum absolute atomic E-state index is 0.0234. The van der Waals surface area contributed by atoms with Crippen LogP contribution in [0.3, 0.4) is 0 Å². The van der Waals surface area contributed by atoms with E-state index in [1.54, 1.807) is 6.07 Å². The van der Waals surface area contributed by atoms with E-state index >= 15 is 0 Å². The fraction of sp³-hybridized carbons (Fsp3) is 0.348. The van der Waals surface area contributed by atoms with Crippen molar-refractivity contribution in [3.05, 3.63) is 46.9 Å². The van der Waals surface area contributed by atoms with E-state index in [-0.39, 0.29) is 33.7 Å². The lowest BCUT2D eigenvalue weighted by Gasteiger charge is -2.28. The summed E-state index contributed by atoms with van der Waals surface area (Å²) in [6.07, 6.45) is -13.2. The quantitative estimate of drug-likeness (QED) is 0.313. The molecule has 10 nitrogen and oxygen atoms in total. The summed E-state index contributed by atoms with van der Waals surface area (Å²) in [4.78, 5) is 25.2. The number of rotatable bonds is 7. The average Bonchev–Trinajstić information content (AvgIpc) is 3.38. The summed E-state index contributed by atoms with van der Waals surface area (Å²) in [6, 6.07) is 5.21. The maximum atomic E-state index is 14.8. The number of aryl methyl sites for hydroxylation is 1. The highest BCUT2D eigenvalue weighted by Crippen LogP contribution is 2.56. The third-order valence-electron chi connectivity index (χ3n) is 6.37. The van der Waals surface area contributed by atoms with E-state index in [1.807, 2.05) is 0 Å². The van der Waals surface area contributed by atoms with Gasteiger partial charge in [0, 0.05) is 18.8 Å². The third kappa shape index (κ3) is 5.19. The molecule has 4 rings (SSSR count). The Morgan fingerprint density at radius 2 is 1.74 bits per heavy atom. The van der Waals surface area contributed by atoms with Gasteiger partial charge in [-0.3, -0.25) is 4.79 Å². The first kappa shape index (κ1) is 31.5. The van der Waals surface area contributed by atoms with Gasteiger partial charge in [-0.1, -0.05) is 17.7 Å². The highest BCUT2D eigenvalue weighted by atomic mass is 35.5. The van der Waals surface area contributed by atoms with Gasteiger partial charge in [0.2, 0.25) is 0 Å². The van der Waals surface area contributed by atoms with Crippen LogP contribution in [0, 0.1) is 11.3 Å². The Morgan fingerprint density at radius 1 is 1.14 bits per heavy atom. The summed E-state index contributed by atoms with van der Waals surface area (Å²) in [5, 5.41) is 25.3. The number of carbonyl (C=O) groups is 2. The Morgan fingerprint density at radius 3 is 2.23 bits per heavy atom. The van der Waals surface area contributed by atoms with Crippen LogP contribution in [-0.4, -0.2) is 66.1 Å². The second-order valence-electron chi connectivity index (χ2n) is 9.09. The van der Waals surface area contributed by atoms with E-state index in [4.69, 9.17) is 11.6 Å². The summed E-state index contributed by atoms with van der Waals surface area (Å²) in [5.41, 5.74) is -10.8. The molecule has 1 fully saturated rings. The summed E-state index contributed by atoms with van der Waals surface area (Å²) in [7, 11) is 0.716. The van der Waals surface area contributed by atoms with Crippen LogP contribution in [0.4, 0.5) is 44.3 Å². The molecule has 2 aromatic heterocycles. The number of imide groups is 1. The fourth-order valence-corrected chi connectivity index (χ4v) is 4.34. The molecule has 1 aliphatic carbocycles. The van der Waals surface area contributed by atoms with Gasteiger partial charge in [0.25, 0.3) is 5.91 Å². The molecule has 20 heteroatoms. The fourth-order valence-electron chi connectivity index (χ4n) is 4.15. The smallest absolute Gasteiger partial charge is 0.437 e. The number of aromatic nitrogens is 4. The Balaban J connectivity index is 1.82. The number of benzene rings is 1. The molecule has 1 aromatic carbocycles. The van der Waals surface area contributed by atoms with Crippen LogP contribution >= 0.6 is 11.6 Å². The van der Waals surface area contributed by atoms with Crippen molar-refractivity contribution in [3.8, 4) is 28.8 Å². The Hall–Kier alpha value is -4.47. The van der Waals surface area contributed by atoms with E-state index < -0.39 is 65.0 Å².